The van der Waals surface area contributed by atoms with Gasteiger partial charge in [-0.2, -0.15) is 0 Å². The average Bonchev–Trinajstić information content (AvgIpc) is 2.09. The summed E-state index contributed by atoms with van der Waals surface area (Å²) in [6.45, 7) is 5.67. The zero-order valence-corrected chi connectivity index (χ0v) is 12.4. The Morgan fingerprint density at radius 2 is 2.14 bits per heavy atom. The number of unbranched alkanes of at least 4 members (excludes halogenated alkanes) is 1. The van der Waals surface area contributed by atoms with Crippen molar-refractivity contribution in [3.05, 3.63) is 12.2 Å². The third-order valence-electron chi connectivity index (χ3n) is 1.45. The van der Waals surface area contributed by atoms with Crippen LogP contribution in [0.1, 0.15) is 19.8 Å². The molecule has 0 saturated heterocycles. The maximum absolute atomic E-state index is 10.9. The summed E-state index contributed by atoms with van der Waals surface area (Å²) in [5.74, 6) is -0.286. The van der Waals surface area contributed by atoms with Crippen LogP contribution in [0.15, 0.2) is 12.2 Å². The highest BCUT2D eigenvalue weighted by molar-refractivity contribution is 9.25. The molecule has 80 valence electrons. The molecule has 0 aliphatic heterocycles. The Balaban J connectivity index is 3.22. The quantitative estimate of drug-likeness (QED) is 0.234. The van der Waals surface area contributed by atoms with Gasteiger partial charge in [0.25, 0.3) is 0 Å². The number of alkyl halides is 2. The van der Waals surface area contributed by atoms with Crippen molar-refractivity contribution in [2.45, 2.75) is 29.2 Å². The minimum absolute atomic E-state index is 0.286. The second kappa shape index (κ2) is 8.68. The molecule has 0 rings (SSSR count). The molecule has 0 aromatic carbocycles. The molecule has 0 N–H and O–H groups in total. The molecule has 0 spiro atoms. The van der Waals surface area contributed by atoms with Crippen molar-refractivity contribution in [1.82, 2.24) is 0 Å². The highest BCUT2D eigenvalue weighted by atomic mass is 79.9. The molecule has 2 nitrogen and oxygen atoms in total. The lowest BCUT2D eigenvalue weighted by molar-refractivity contribution is -0.139. The van der Waals surface area contributed by atoms with E-state index < -0.39 is 0 Å². The Morgan fingerprint density at radius 1 is 1.50 bits per heavy atom. The van der Waals surface area contributed by atoms with Gasteiger partial charge in [0.1, 0.15) is 0 Å². The summed E-state index contributed by atoms with van der Waals surface area (Å²) in [7, 11) is 0.865. The monoisotopic (exact) mass is 340 g/mol. The molecule has 0 aromatic heterocycles. The molecule has 2 radical (unpaired) electrons. The van der Waals surface area contributed by atoms with E-state index in [4.69, 9.17) is 4.74 Å². The first-order valence-corrected chi connectivity index (χ1v) is 7.49. The van der Waals surface area contributed by atoms with Gasteiger partial charge in [-0.3, -0.25) is 0 Å². The van der Waals surface area contributed by atoms with Crippen LogP contribution in [-0.2, 0) is 9.53 Å². The molecule has 0 aromatic rings. The van der Waals surface area contributed by atoms with Crippen molar-refractivity contribution >= 4 is 47.3 Å². The van der Waals surface area contributed by atoms with Gasteiger partial charge in [0.2, 0.25) is 0 Å². The van der Waals surface area contributed by atoms with Gasteiger partial charge in [0.15, 0.2) is 0 Å². The van der Waals surface area contributed by atoms with Gasteiger partial charge < -0.3 is 4.74 Å². The smallest absolute Gasteiger partial charge is 0.333 e. The predicted molar refractivity (Wildman–Crippen MR) is 67.2 cm³/mol. The number of carbonyl (C=O) groups is 1. The van der Waals surface area contributed by atoms with E-state index in [-0.39, 0.29) is 5.97 Å². The van der Waals surface area contributed by atoms with Crippen LogP contribution in [0, 0.1) is 0 Å². The Kier molecular flexibility index (Phi) is 8.92. The average molecular weight is 342 g/mol. The van der Waals surface area contributed by atoms with E-state index in [1.54, 1.807) is 6.92 Å². The molecule has 0 fully saturated rings. The SMILES string of the molecule is C=C(C)C(=O)OCCCC[Si]C(Br)Br. The van der Waals surface area contributed by atoms with E-state index in [1.165, 1.54) is 0 Å². The van der Waals surface area contributed by atoms with E-state index >= 15 is 0 Å². The summed E-state index contributed by atoms with van der Waals surface area (Å²) in [5.41, 5.74) is 0.466. The zero-order valence-electron chi connectivity index (χ0n) is 8.19. The highest BCUT2D eigenvalue weighted by Crippen LogP contribution is 2.09. The van der Waals surface area contributed by atoms with Gasteiger partial charge in [0.05, 0.1) is 19.5 Å². The van der Waals surface area contributed by atoms with Crippen LogP contribution >= 0.6 is 31.9 Å². The number of hydrogen-bond acceptors (Lipinski definition) is 2. The second-order valence-corrected chi connectivity index (χ2v) is 9.11. The number of esters is 1. The summed E-state index contributed by atoms with van der Waals surface area (Å²) >= 11 is 6.84. The van der Waals surface area contributed by atoms with Crippen molar-refractivity contribution in [3.8, 4) is 0 Å². The maximum Gasteiger partial charge on any atom is 0.333 e. The number of ether oxygens (including phenoxy) is 1. The van der Waals surface area contributed by atoms with E-state index in [1.807, 2.05) is 0 Å². The molecule has 0 atom stereocenters. The minimum atomic E-state index is -0.286. The zero-order chi connectivity index (χ0) is 11.0. The number of rotatable bonds is 7. The largest absolute Gasteiger partial charge is 0.462 e. The van der Waals surface area contributed by atoms with Crippen LogP contribution in [0.4, 0.5) is 0 Å². The Bertz CT molecular complexity index is 195. The minimum Gasteiger partial charge on any atom is -0.462 e. The molecule has 0 heterocycles. The number of carbonyl (C=O) groups excluding carboxylic acids is 1. The first-order valence-electron chi connectivity index (χ1n) is 4.38. The van der Waals surface area contributed by atoms with Gasteiger partial charge in [0, 0.05) is 5.57 Å². The molecular weight excluding hydrogens is 328 g/mol. The Hall–Kier alpha value is 0.387. The third kappa shape index (κ3) is 8.96. The summed E-state index contributed by atoms with van der Waals surface area (Å²) < 4.78 is 5.38. The highest BCUT2D eigenvalue weighted by Gasteiger charge is 2.02. The van der Waals surface area contributed by atoms with Gasteiger partial charge in [-0.25, -0.2) is 4.79 Å². The lowest BCUT2D eigenvalue weighted by atomic mass is 10.3. The van der Waals surface area contributed by atoms with Crippen LogP contribution in [0.25, 0.3) is 0 Å². The second-order valence-electron chi connectivity index (χ2n) is 2.88. The molecule has 0 aliphatic carbocycles. The van der Waals surface area contributed by atoms with Crippen molar-refractivity contribution < 1.29 is 9.53 Å². The first kappa shape index (κ1) is 14.4. The lowest BCUT2D eigenvalue weighted by Crippen LogP contribution is -2.06. The van der Waals surface area contributed by atoms with E-state index in [9.17, 15) is 4.79 Å². The van der Waals surface area contributed by atoms with Crippen molar-refractivity contribution in [3.63, 3.8) is 0 Å². The molecule has 0 unspecified atom stereocenters. The maximum atomic E-state index is 10.9. The van der Waals surface area contributed by atoms with Crippen LogP contribution in [0.5, 0.6) is 0 Å². The molecule has 0 bridgehead atoms. The lowest BCUT2D eigenvalue weighted by Gasteiger charge is -2.04. The summed E-state index contributed by atoms with van der Waals surface area (Å²) in [6.07, 6.45) is 2.02. The van der Waals surface area contributed by atoms with Crippen LogP contribution < -0.4 is 0 Å². The van der Waals surface area contributed by atoms with Gasteiger partial charge in [-0.15, -0.1) is 0 Å². The molecule has 14 heavy (non-hydrogen) atoms. The van der Waals surface area contributed by atoms with Crippen molar-refractivity contribution in [2.24, 2.45) is 0 Å². The van der Waals surface area contributed by atoms with Gasteiger partial charge >= 0.3 is 5.97 Å². The number of hydrogen-bond donors (Lipinski definition) is 0. The van der Waals surface area contributed by atoms with E-state index in [0.29, 0.717) is 15.5 Å². The van der Waals surface area contributed by atoms with Crippen LogP contribution in [0.3, 0.4) is 0 Å². The summed E-state index contributed by atoms with van der Waals surface area (Å²) in [6, 6.07) is 1.16. The first-order chi connectivity index (χ1) is 6.54. The van der Waals surface area contributed by atoms with Crippen molar-refractivity contribution in [2.75, 3.05) is 6.61 Å². The topological polar surface area (TPSA) is 26.3 Å². The van der Waals surface area contributed by atoms with E-state index in [2.05, 4.69) is 38.4 Å². The Morgan fingerprint density at radius 3 is 2.64 bits per heavy atom. The molecule has 0 saturated carbocycles. The van der Waals surface area contributed by atoms with E-state index in [0.717, 1.165) is 28.4 Å². The van der Waals surface area contributed by atoms with Crippen molar-refractivity contribution in [1.29, 1.82) is 0 Å². The molecular formula is C9H14Br2O2Si. The molecule has 5 heteroatoms. The Labute approximate surface area is 105 Å². The third-order valence-corrected chi connectivity index (χ3v) is 4.34. The fraction of sp³-hybridized carbons (Fsp3) is 0.667. The fourth-order valence-electron chi connectivity index (χ4n) is 0.726. The predicted octanol–water partition coefficient (Wildman–Crippen LogP) is 3.08. The van der Waals surface area contributed by atoms with Crippen LogP contribution in [0.2, 0.25) is 6.04 Å². The summed E-state index contributed by atoms with van der Waals surface area (Å²) in [4.78, 5) is 10.9. The fourth-order valence-corrected chi connectivity index (χ4v) is 2.77. The molecule has 0 amide bonds. The standard InChI is InChI=1S/C9H14Br2O2Si/c1-7(2)8(12)13-5-3-4-6-14-9(10)11/h9H,1,3-6H2,2H3. The van der Waals surface area contributed by atoms with Gasteiger partial charge in [-0.05, 0) is 13.3 Å². The number of halogens is 2. The normalized spacial score (nSPS) is 10.3. The van der Waals surface area contributed by atoms with Crippen LogP contribution in [-0.4, -0.2) is 25.5 Å². The summed E-state index contributed by atoms with van der Waals surface area (Å²) in [5, 5.41) is 0. The van der Waals surface area contributed by atoms with Gasteiger partial charge in [-0.1, -0.05) is 50.9 Å². The molecule has 0 aliphatic rings.